The Hall–Kier alpha value is -6.52. The van der Waals surface area contributed by atoms with Crippen molar-refractivity contribution in [2.75, 3.05) is 18.9 Å². The van der Waals surface area contributed by atoms with Crippen molar-refractivity contribution in [2.24, 2.45) is 0 Å². The average Bonchev–Trinajstić information content (AvgIpc) is 3.30. The SMILES string of the molecule is O=C(NCCCC(C(=O)N[C@H]1C(=O)N2C(C(=O)OC(c3ccccc3)c3ccccc3)=C(CO)CS(=O)(=O)[C@@H]12)c1cccc(C(C(=O)O)c2ccccc2)c1)OCc1ccc(Cl)cc1Cl. The van der Waals surface area contributed by atoms with Crippen molar-refractivity contribution in [3.63, 3.8) is 0 Å². The zero-order valence-corrected chi connectivity index (χ0v) is 36.8. The lowest BCUT2D eigenvalue weighted by atomic mass is 9.86. The minimum atomic E-state index is -4.30. The molecule has 2 aliphatic rings. The summed E-state index contributed by atoms with van der Waals surface area (Å²) in [6, 6.07) is 35.6. The van der Waals surface area contributed by atoms with E-state index in [2.05, 4.69) is 10.6 Å². The van der Waals surface area contributed by atoms with E-state index in [0.717, 1.165) is 4.90 Å². The van der Waals surface area contributed by atoms with Gasteiger partial charge in [0.05, 0.1) is 18.3 Å². The summed E-state index contributed by atoms with van der Waals surface area (Å²) in [5.74, 6) is -6.86. The van der Waals surface area contributed by atoms with E-state index in [-0.39, 0.29) is 31.6 Å². The summed E-state index contributed by atoms with van der Waals surface area (Å²) in [7, 11) is -4.30. The fraction of sp³-hybridized carbons (Fsp3) is 0.229. The predicted molar refractivity (Wildman–Crippen MR) is 240 cm³/mol. The van der Waals surface area contributed by atoms with Crippen LogP contribution in [-0.4, -0.2) is 83.7 Å². The number of amides is 3. The molecule has 4 atom stereocenters. The number of fused-ring (bicyclic) bond motifs is 1. The number of halogens is 2. The van der Waals surface area contributed by atoms with Gasteiger partial charge in [-0.15, -0.1) is 0 Å². The summed E-state index contributed by atoms with van der Waals surface area (Å²) in [5, 5.41) is 24.9. The maximum atomic E-state index is 14.4. The number of ether oxygens (including phenoxy) is 2. The molecule has 336 valence electrons. The molecule has 17 heteroatoms. The van der Waals surface area contributed by atoms with Crippen LogP contribution >= 0.6 is 23.2 Å². The van der Waals surface area contributed by atoms with Crippen molar-refractivity contribution < 1.29 is 52.1 Å². The van der Waals surface area contributed by atoms with Gasteiger partial charge in [-0.25, -0.2) is 18.0 Å². The van der Waals surface area contributed by atoms with E-state index >= 15 is 0 Å². The van der Waals surface area contributed by atoms with Crippen LogP contribution in [-0.2, 0) is 45.1 Å². The minimum Gasteiger partial charge on any atom is -0.481 e. The summed E-state index contributed by atoms with van der Waals surface area (Å²) in [6.45, 7) is -0.982. The van der Waals surface area contributed by atoms with E-state index in [4.69, 9.17) is 32.7 Å². The number of hydrogen-bond donors (Lipinski definition) is 4. The number of carboxylic acids is 1. The number of aliphatic carboxylic acids is 1. The smallest absolute Gasteiger partial charge is 0.407 e. The summed E-state index contributed by atoms with van der Waals surface area (Å²) >= 11 is 12.2. The van der Waals surface area contributed by atoms with Gasteiger partial charge in [0.15, 0.2) is 21.3 Å². The number of carbonyl (C=O) groups is 5. The number of nitrogens with zero attached hydrogens (tertiary/aromatic N) is 1. The predicted octanol–water partition coefficient (Wildman–Crippen LogP) is 6.66. The van der Waals surface area contributed by atoms with Crippen LogP contribution in [0.4, 0.5) is 4.79 Å². The second kappa shape index (κ2) is 20.5. The van der Waals surface area contributed by atoms with Crippen LogP contribution < -0.4 is 10.6 Å². The lowest BCUT2D eigenvalue weighted by molar-refractivity contribution is -0.155. The van der Waals surface area contributed by atoms with E-state index in [1.165, 1.54) is 6.07 Å². The molecule has 1 saturated heterocycles. The Bertz CT molecular complexity index is 2680. The molecule has 0 saturated carbocycles. The third-order valence-corrected chi connectivity index (χ3v) is 13.7. The second-order valence-electron chi connectivity index (χ2n) is 15.4. The fourth-order valence-electron chi connectivity index (χ4n) is 7.99. The first kappa shape index (κ1) is 46.5. The number of alkyl carbamates (subject to hydrolysis) is 1. The fourth-order valence-corrected chi connectivity index (χ4v) is 10.5. The molecule has 2 unspecified atom stereocenters. The van der Waals surface area contributed by atoms with Crippen molar-refractivity contribution in [3.05, 3.63) is 188 Å². The molecule has 65 heavy (non-hydrogen) atoms. The molecule has 0 aromatic heterocycles. The Labute approximate surface area is 384 Å². The monoisotopic (exact) mass is 939 g/mol. The standard InChI is InChI=1S/C48H43Cl2N3O11S/c49-36-22-21-34(38(50)25-36)27-63-48(60)51-23-11-20-37(32-18-10-19-33(24-32)39(46(57)58)29-12-4-1-5-13-29)43(55)52-40-44(56)53-41(35(26-54)28-65(61,62)45(40)53)47(59)64-42(30-14-6-2-7-15-30)31-16-8-3-9-17-31/h1-10,12-19,21-22,24-25,37,39-40,42,45,54H,11,20,23,26-28H2,(H,51,60)(H,52,55)(H,57,58)/t37?,39?,40-,45-/m0/s1. The van der Waals surface area contributed by atoms with Crippen molar-refractivity contribution in [1.82, 2.24) is 15.5 Å². The number of carbonyl (C=O) groups excluding carboxylic acids is 4. The molecule has 14 nitrogen and oxygen atoms in total. The van der Waals surface area contributed by atoms with E-state index in [1.54, 1.807) is 127 Å². The Morgan fingerprint density at radius 2 is 1.38 bits per heavy atom. The van der Waals surface area contributed by atoms with Crippen LogP contribution in [0.1, 0.15) is 64.2 Å². The quantitative estimate of drug-likeness (QED) is 0.0441. The van der Waals surface area contributed by atoms with Crippen LogP contribution in [0, 0.1) is 0 Å². The molecule has 7 rings (SSSR count). The summed E-state index contributed by atoms with van der Waals surface area (Å²) in [4.78, 5) is 68.6. The number of carboxylic acid groups (broad SMARTS) is 1. The number of aliphatic hydroxyl groups excluding tert-OH is 1. The highest BCUT2D eigenvalue weighted by molar-refractivity contribution is 7.92. The van der Waals surface area contributed by atoms with Gasteiger partial charge in [-0.05, 0) is 52.8 Å². The molecule has 0 bridgehead atoms. The maximum Gasteiger partial charge on any atom is 0.407 e. The van der Waals surface area contributed by atoms with Crippen molar-refractivity contribution >= 4 is 62.9 Å². The largest absolute Gasteiger partial charge is 0.481 e. The number of aliphatic hydroxyl groups is 1. The summed E-state index contributed by atoms with van der Waals surface area (Å²) < 4.78 is 39.0. The third kappa shape index (κ3) is 10.6. The first-order chi connectivity index (χ1) is 31.3. The van der Waals surface area contributed by atoms with Crippen LogP contribution in [0.2, 0.25) is 10.0 Å². The van der Waals surface area contributed by atoms with Gasteiger partial charge in [0.1, 0.15) is 24.3 Å². The van der Waals surface area contributed by atoms with Crippen LogP contribution in [0.5, 0.6) is 0 Å². The number of sulfone groups is 1. The van der Waals surface area contributed by atoms with Crippen molar-refractivity contribution in [2.45, 2.75) is 48.8 Å². The summed E-state index contributed by atoms with van der Waals surface area (Å²) in [6.07, 6.45) is -1.51. The molecule has 0 spiro atoms. The molecule has 5 aromatic rings. The maximum absolute atomic E-state index is 14.4. The van der Waals surface area contributed by atoms with Gasteiger partial charge in [0.2, 0.25) is 5.91 Å². The number of hydrogen-bond acceptors (Lipinski definition) is 10. The lowest BCUT2D eigenvalue weighted by Crippen LogP contribution is -2.75. The van der Waals surface area contributed by atoms with Gasteiger partial charge in [-0.1, -0.05) is 145 Å². The van der Waals surface area contributed by atoms with Gasteiger partial charge in [-0.3, -0.25) is 19.3 Å². The number of benzene rings is 5. The van der Waals surface area contributed by atoms with E-state index in [9.17, 15) is 42.6 Å². The normalized spacial score (nSPS) is 17.3. The Balaban J connectivity index is 1.12. The topological polar surface area (TPSA) is 206 Å². The van der Waals surface area contributed by atoms with Gasteiger partial charge >= 0.3 is 18.0 Å². The zero-order valence-electron chi connectivity index (χ0n) is 34.5. The molecule has 2 aliphatic heterocycles. The molecule has 1 fully saturated rings. The third-order valence-electron chi connectivity index (χ3n) is 11.1. The Morgan fingerprint density at radius 3 is 1.98 bits per heavy atom. The Kier molecular flexibility index (Phi) is 14.7. The first-order valence-corrected chi connectivity index (χ1v) is 23.0. The molecule has 2 heterocycles. The molecule has 0 aliphatic carbocycles. The minimum absolute atomic E-state index is 0.0265. The first-order valence-electron chi connectivity index (χ1n) is 20.5. The van der Waals surface area contributed by atoms with Crippen LogP contribution in [0.15, 0.2) is 145 Å². The zero-order chi connectivity index (χ0) is 46.3. The van der Waals surface area contributed by atoms with E-state index < -0.39 is 87.1 Å². The van der Waals surface area contributed by atoms with Crippen molar-refractivity contribution in [3.8, 4) is 0 Å². The van der Waals surface area contributed by atoms with Crippen molar-refractivity contribution in [1.29, 1.82) is 0 Å². The summed E-state index contributed by atoms with van der Waals surface area (Å²) in [5.41, 5.74) is 2.26. The molecular formula is C48H43Cl2N3O11S. The van der Waals surface area contributed by atoms with E-state index in [0.29, 0.717) is 43.4 Å². The Morgan fingerprint density at radius 1 is 0.785 bits per heavy atom. The highest BCUT2D eigenvalue weighted by Gasteiger charge is 2.61. The molecule has 5 aromatic carbocycles. The number of nitrogens with one attached hydrogen (secondary N) is 2. The molecule has 0 radical (unpaired) electrons. The molecular weight excluding hydrogens is 898 g/mol. The van der Waals surface area contributed by atoms with Gasteiger partial charge < -0.3 is 30.3 Å². The van der Waals surface area contributed by atoms with Gasteiger partial charge in [0.25, 0.3) is 5.91 Å². The van der Waals surface area contributed by atoms with Gasteiger partial charge in [0, 0.05) is 27.7 Å². The second-order valence-corrected chi connectivity index (χ2v) is 18.3. The highest BCUT2D eigenvalue weighted by Crippen LogP contribution is 2.39. The highest BCUT2D eigenvalue weighted by atomic mass is 35.5. The average molecular weight is 941 g/mol. The number of esters is 1. The number of β-lactam (4-membered cyclic amide) rings is 1. The van der Waals surface area contributed by atoms with Gasteiger partial charge in [-0.2, -0.15) is 0 Å². The van der Waals surface area contributed by atoms with E-state index in [1.807, 2.05) is 0 Å². The van der Waals surface area contributed by atoms with Crippen LogP contribution in [0.25, 0.3) is 0 Å². The molecule has 4 N–H and O–H groups in total. The number of rotatable bonds is 17. The molecule has 3 amide bonds. The lowest BCUT2D eigenvalue weighted by Gasteiger charge is -2.49. The van der Waals surface area contributed by atoms with Crippen LogP contribution in [0.3, 0.4) is 0 Å².